The third-order valence-electron chi connectivity index (χ3n) is 1.33. The van der Waals surface area contributed by atoms with Crippen molar-refractivity contribution < 1.29 is 4.79 Å². The molecule has 11 heavy (non-hydrogen) atoms. The smallest absolute Gasteiger partial charge is 0.222 e. The molecule has 1 amide bonds. The topological polar surface area (TPSA) is 32.3 Å². The normalized spacial score (nSPS) is 9.00. The maximum atomic E-state index is 10.6. The van der Waals surface area contributed by atoms with E-state index in [1.165, 1.54) is 6.92 Å². The molecule has 0 aromatic carbocycles. The van der Waals surface area contributed by atoms with Gasteiger partial charge in [-0.05, 0) is 26.1 Å². The van der Waals surface area contributed by atoms with Crippen molar-refractivity contribution in [3.05, 3.63) is 0 Å². The molecule has 0 spiro atoms. The van der Waals surface area contributed by atoms with E-state index in [4.69, 9.17) is 12.2 Å². The average Bonchev–Trinajstić information content (AvgIpc) is 1.88. The lowest BCUT2D eigenvalue weighted by atomic mass is 10.5. The summed E-state index contributed by atoms with van der Waals surface area (Å²) in [6.45, 7) is 7.11. The van der Waals surface area contributed by atoms with Crippen molar-refractivity contribution in [2.45, 2.75) is 20.8 Å². The van der Waals surface area contributed by atoms with Crippen LogP contribution in [0.15, 0.2) is 0 Å². The van der Waals surface area contributed by atoms with Crippen LogP contribution < -0.4 is 5.32 Å². The Labute approximate surface area is 72.8 Å². The number of carbonyl (C=O) groups excluding carboxylic acids is 1. The van der Waals surface area contributed by atoms with Crippen LogP contribution in [0.3, 0.4) is 0 Å². The van der Waals surface area contributed by atoms with Gasteiger partial charge in [-0.3, -0.25) is 4.79 Å². The molecule has 0 bridgehead atoms. The van der Waals surface area contributed by atoms with Gasteiger partial charge in [0.2, 0.25) is 5.91 Å². The second-order valence-corrected chi connectivity index (χ2v) is 2.55. The predicted octanol–water partition coefficient (Wildman–Crippen LogP) is 0.749. The molecular formula is C7H14N2OS. The van der Waals surface area contributed by atoms with Crippen LogP contribution in [0.25, 0.3) is 0 Å². The zero-order valence-electron chi connectivity index (χ0n) is 7.18. The molecule has 0 saturated heterocycles. The second-order valence-electron chi connectivity index (χ2n) is 2.16. The first-order chi connectivity index (χ1) is 5.11. The van der Waals surface area contributed by atoms with Crippen LogP contribution in [0.4, 0.5) is 0 Å². The summed E-state index contributed by atoms with van der Waals surface area (Å²) in [5, 5.41) is 3.08. The Morgan fingerprint density at radius 1 is 1.45 bits per heavy atom. The van der Waals surface area contributed by atoms with Crippen LogP contribution in [0.2, 0.25) is 0 Å². The minimum absolute atomic E-state index is 0.109. The molecule has 0 fully saturated rings. The number of rotatable bonds is 2. The molecule has 0 radical (unpaired) electrons. The minimum Gasteiger partial charge on any atom is -0.350 e. The monoisotopic (exact) mass is 174 g/mol. The van der Waals surface area contributed by atoms with Gasteiger partial charge in [0.05, 0.1) is 0 Å². The SMILES string of the molecule is CCN(CC)C(=S)NC(C)=O. The van der Waals surface area contributed by atoms with E-state index in [1.54, 1.807) is 0 Å². The van der Waals surface area contributed by atoms with Crippen molar-refractivity contribution in [1.82, 2.24) is 10.2 Å². The highest BCUT2D eigenvalue weighted by molar-refractivity contribution is 7.80. The molecule has 0 aromatic heterocycles. The molecular weight excluding hydrogens is 160 g/mol. The van der Waals surface area contributed by atoms with Crippen molar-refractivity contribution in [2.75, 3.05) is 13.1 Å². The van der Waals surface area contributed by atoms with E-state index in [-0.39, 0.29) is 5.91 Å². The third kappa shape index (κ3) is 3.93. The molecule has 0 rings (SSSR count). The molecule has 0 aliphatic heterocycles. The van der Waals surface area contributed by atoms with Gasteiger partial charge in [0.1, 0.15) is 0 Å². The highest BCUT2D eigenvalue weighted by atomic mass is 32.1. The predicted molar refractivity (Wildman–Crippen MR) is 49.3 cm³/mol. The highest BCUT2D eigenvalue weighted by Gasteiger charge is 2.04. The first-order valence-electron chi connectivity index (χ1n) is 3.68. The molecule has 1 N–H and O–H groups in total. The summed E-state index contributed by atoms with van der Waals surface area (Å²) < 4.78 is 0. The fraction of sp³-hybridized carbons (Fsp3) is 0.714. The first-order valence-corrected chi connectivity index (χ1v) is 4.09. The molecule has 64 valence electrons. The van der Waals surface area contributed by atoms with Gasteiger partial charge < -0.3 is 10.2 Å². The molecule has 0 aromatic rings. The van der Waals surface area contributed by atoms with Crippen LogP contribution in [0.5, 0.6) is 0 Å². The van der Waals surface area contributed by atoms with Gasteiger partial charge in [-0.1, -0.05) is 0 Å². The zero-order valence-corrected chi connectivity index (χ0v) is 7.99. The lowest BCUT2D eigenvalue weighted by molar-refractivity contribution is -0.117. The minimum atomic E-state index is -0.109. The number of nitrogens with zero attached hydrogens (tertiary/aromatic N) is 1. The zero-order chi connectivity index (χ0) is 8.85. The van der Waals surface area contributed by atoms with E-state index in [0.29, 0.717) is 5.11 Å². The largest absolute Gasteiger partial charge is 0.350 e. The Bertz CT molecular complexity index is 155. The van der Waals surface area contributed by atoms with E-state index in [9.17, 15) is 4.79 Å². The molecule has 0 atom stereocenters. The van der Waals surface area contributed by atoms with Gasteiger partial charge in [0, 0.05) is 20.0 Å². The third-order valence-corrected chi connectivity index (χ3v) is 1.69. The van der Waals surface area contributed by atoms with Crippen LogP contribution in [0.1, 0.15) is 20.8 Å². The van der Waals surface area contributed by atoms with Crippen molar-refractivity contribution in [3.8, 4) is 0 Å². The number of thiocarbonyl (C=S) groups is 1. The van der Waals surface area contributed by atoms with Crippen LogP contribution >= 0.6 is 12.2 Å². The Hall–Kier alpha value is -0.640. The van der Waals surface area contributed by atoms with Crippen LogP contribution in [-0.2, 0) is 4.79 Å². The van der Waals surface area contributed by atoms with E-state index < -0.39 is 0 Å². The summed E-state index contributed by atoms with van der Waals surface area (Å²) in [6, 6.07) is 0. The summed E-state index contributed by atoms with van der Waals surface area (Å²) in [4.78, 5) is 12.5. The fourth-order valence-corrected chi connectivity index (χ4v) is 1.14. The molecule has 0 heterocycles. The summed E-state index contributed by atoms with van der Waals surface area (Å²) in [7, 11) is 0. The average molecular weight is 174 g/mol. The van der Waals surface area contributed by atoms with Gasteiger partial charge >= 0.3 is 0 Å². The van der Waals surface area contributed by atoms with Gasteiger partial charge in [0.25, 0.3) is 0 Å². The van der Waals surface area contributed by atoms with E-state index >= 15 is 0 Å². The number of amides is 1. The van der Waals surface area contributed by atoms with E-state index in [2.05, 4.69) is 5.32 Å². The number of nitrogens with one attached hydrogen (secondary N) is 1. The van der Waals surface area contributed by atoms with Gasteiger partial charge in [-0.2, -0.15) is 0 Å². The molecule has 0 aliphatic rings. The first kappa shape index (κ1) is 10.4. The maximum absolute atomic E-state index is 10.6. The van der Waals surface area contributed by atoms with Crippen molar-refractivity contribution in [1.29, 1.82) is 0 Å². The Kier molecular flexibility index (Phi) is 4.77. The lowest BCUT2D eigenvalue weighted by Gasteiger charge is -2.20. The van der Waals surface area contributed by atoms with Gasteiger partial charge in [-0.25, -0.2) is 0 Å². The summed E-state index contributed by atoms with van der Waals surface area (Å²) in [6.07, 6.45) is 0. The maximum Gasteiger partial charge on any atom is 0.222 e. The summed E-state index contributed by atoms with van der Waals surface area (Å²) in [5.74, 6) is -0.109. The molecule has 0 aliphatic carbocycles. The van der Waals surface area contributed by atoms with Crippen LogP contribution in [0, 0.1) is 0 Å². The van der Waals surface area contributed by atoms with Crippen LogP contribution in [-0.4, -0.2) is 29.0 Å². The van der Waals surface area contributed by atoms with E-state index in [1.807, 2.05) is 18.7 Å². The standard InChI is InChI=1S/C7H14N2OS/c1-4-9(5-2)7(11)8-6(3)10/h4-5H2,1-3H3,(H,8,10,11). The summed E-state index contributed by atoms with van der Waals surface area (Å²) in [5.41, 5.74) is 0. The molecule has 0 saturated carbocycles. The van der Waals surface area contributed by atoms with Crippen molar-refractivity contribution in [3.63, 3.8) is 0 Å². The molecule has 4 heteroatoms. The number of carbonyl (C=O) groups is 1. The Morgan fingerprint density at radius 2 is 1.91 bits per heavy atom. The fourth-order valence-electron chi connectivity index (χ4n) is 0.740. The van der Waals surface area contributed by atoms with Gasteiger partial charge in [0.15, 0.2) is 5.11 Å². The lowest BCUT2D eigenvalue weighted by Crippen LogP contribution is -2.41. The number of hydrogen-bond acceptors (Lipinski definition) is 2. The quantitative estimate of drug-likeness (QED) is 0.627. The molecule has 3 nitrogen and oxygen atoms in total. The Morgan fingerprint density at radius 3 is 2.18 bits per heavy atom. The molecule has 0 unspecified atom stereocenters. The Balaban J connectivity index is 3.89. The van der Waals surface area contributed by atoms with E-state index in [0.717, 1.165) is 13.1 Å². The van der Waals surface area contributed by atoms with Crippen molar-refractivity contribution >= 4 is 23.2 Å². The summed E-state index contributed by atoms with van der Waals surface area (Å²) >= 11 is 4.94. The highest BCUT2D eigenvalue weighted by Crippen LogP contribution is 1.87. The second kappa shape index (κ2) is 5.07. The van der Waals surface area contributed by atoms with Gasteiger partial charge in [-0.15, -0.1) is 0 Å². The number of hydrogen-bond donors (Lipinski definition) is 1. The van der Waals surface area contributed by atoms with Crippen molar-refractivity contribution in [2.24, 2.45) is 0 Å².